The van der Waals surface area contributed by atoms with Crippen LogP contribution in [0.5, 0.6) is 0 Å². The lowest BCUT2D eigenvalue weighted by atomic mass is 9.94. The Balaban J connectivity index is 2.02. The second-order valence-electron chi connectivity index (χ2n) is 3.54. The van der Waals surface area contributed by atoms with Crippen LogP contribution >= 0.6 is 11.6 Å². The molecule has 0 atom stereocenters. The number of aromatic nitrogens is 2. The van der Waals surface area contributed by atoms with Gasteiger partial charge in [-0.05, 0) is 25.7 Å². The van der Waals surface area contributed by atoms with Gasteiger partial charge in [-0.3, -0.25) is 4.68 Å². The first-order valence-electron chi connectivity index (χ1n) is 4.59. The second kappa shape index (κ2) is 3.66. The normalized spacial score (nSPS) is 29.1. The Kier molecular flexibility index (Phi) is 2.54. The molecular weight excluding hydrogens is 191 g/mol. The van der Waals surface area contributed by atoms with E-state index in [0.29, 0.717) is 23.9 Å². The van der Waals surface area contributed by atoms with Gasteiger partial charge in [0.25, 0.3) is 0 Å². The zero-order valence-electron chi connectivity index (χ0n) is 7.29. The van der Waals surface area contributed by atoms with Crippen LogP contribution in [0.1, 0.15) is 31.7 Å². The third-order valence-corrected chi connectivity index (χ3v) is 2.77. The summed E-state index contributed by atoms with van der Waals surface area (Å²) in [7, 11) is 0. The van der Waals surface area contributed by atoms with Crippen LogP contribution in [0.15, 0.2) is 12.4 Å². The zero-order valence-corrected chi connectivity index (χ0v) is 8.04. The Bertz CT molecular complexity index is 279. The SMILES string of the molecule is FC1CCC(n2cc(Cl)cn2)CC1. The number of alkyl halides is 1. The van der Waals surface area contributed by atoms with Crippen LogP contribution in [0.3, 0.4) is 0 Å². The van der Waals surface area contributed by atoms with Gasteiger partial charge in [-0.25, -0.2) is 4.39 Å². The highest BCUT2D eigenvalue weighted by Crippen LogP contribution is 2.29. The summed E-state index contributed by atoms with van der Waals surface area (Å²) in [6.07, 6.45) is 5.89. The van der Waals surface area contributed by atoms with Crippen molar-refractivity contribution in [1.29, 1.82) is 0 Å². The number of nitrogens with zero attached hydrogens (tertiary/aromatic N) is 2. The minimum Gasteiger partial charge on any atom is -0.268 e. The van der Waals surface area contributed by atoms with E-state index in [1.807, 2.05) is 10.9 Å². The molecule has 1 heterocycles. The molecule has 1 aromatic heterocycles. The van der Waals surface area contributed by atoms with Gasteiger partial charge in [0.2, 0.25) is 0 Å². The first kappa shape index (κ1) is 9.00. The molecule has 0 aliphatic heterocycles. The molecule has 2 nitrogen and oxygen atoms in total. The molecule has 13 heavy (non-hydrogen) atoms. The maximum atomic E-state index is 12.8. The van der Waals surface area contributed by atoms with Crippen molar-refractivity contribution in [3.63, 3.8) is 0 Å². The number of rotatable bonds is 1. The van der Waals surface area contributed by atoms with Crippen molar-refractivity contribution in [1.82, 2.24) is 9.78 Å². The molecule has 0 saturated heterocycles. The summed E-state index contributed by atoms with van der Waals surface area (Å²) in [5.74, 6) is 0. The van der Waals surface area contributed by atoms with E-state index in [9.17, 15) is 4.39 Å². The molecule has 0 amide bonds. The summed E-state index contributed by atoms with van der Waals surface area (Å²) in [5.41, 5.74) is 0. The molecule has 1 saturated carbocycles. The van der Waals surface area contributed by atoms with Crippen LogP contribution in [-0.4, -0.2) is 16.0 Å². The van der Waals surface area contributed by atoms with E-state index in [1.165, 1.54) is 0 Å². The van der Waals surface area contributed by atoms with E-state index in [0.717, 1.165) is 12.8 Å². The van der Waals surface area contributed by atoms with Crippen LogP contribution in [0.2, 0.25) is 5.02 Å². The van der Waals surface area contributed by atoms with Gasteiger partial charge >= 0.3 is 0 Å². The fourth-order valence-corrected chi connectivity index (χ4v) is 1.96. The summed E-state index contributed by atoms with van der Waals surface area (Å²) < 4.78 is 14.7. The van der Waals surface area contributed by atoms with Crippen molar-refractivity contribution in [3.05, 3.63) is 17.4 Å². The highest BCUT2D eigenvalue weighted by atomic mass is 35.5. The largest absolute Gasteiger partial charge is 0.268 e. The molecule has 72 valence electrons. The summed E-state index contributed by atoms with van der Waals surface area (Å²) in [6.45, 7) is 0. The van der Waals surface area contributed by atoms with Crippen molar-refractivity contribution in [2.24, 2.45) is 0 Å². The molecule has 0 bridgehead atoms. The molecule has 4 heteroatoms. The predicted molar refractivity (Wildman–Crippen MR) is 49.6 cm³/mol. The van der Waals surface area contributed by atoms with Gasteiger partial charge in [-0.2, -0.15) is 5.10 Å². The molecule has 0 N–H and O–H groups in total. The molecule has 1 aliphatic rings. The highest BCUT2D eigenvalue weighted by molar-refractivity contribution is 6.30. The van der Waals surface area contributed by atoms with Gasteiger partial charge < -0.3 is 0 Å². The van der Waals surface area contributed by atoms with Crippen LogP contribution < -0.4 is 0 Å². The Morgan fingerprint density at radius 1 is 1.38 bits per heavy atom. The summed E-state index contributed by atoms with van der Waals surface area (Å²) in [4.78, 5) is 0. The lowest BCUT2D eigenvalue weighted by Gasteiger charge is -2.24. The van der Waals surface area contributed by atoms with Crippen LogP contribution in [0, 0.1) is 0 Å². The van der Waals surface area contributed by atoms with Crippen molar-refractivity contribution in [2.45, 2.75) is 37.9 Å². The zero-order chi connectivity index (χ0) is 9.26. The van der Waals surface area contributed by atoms with Crippen molar-refractivity contribution in [3.8, 4) is 0 Å². The van der Waals surface area contributed by atoms with Crippen molar-refractivity contribution < 1.29 is 4.39 Å². The summed E-state index contributed by atoms with van der Waals surface area (Å²) >= 11 is 5.75. The maximum Gasteiger partial charge on any atom is 0.100 e. The molecule has 1 aliphatic carbocycles. The number of hydrogen-bond donors (Lipinski definition) is 0. The fraction of sp³-hybridized carbons (Fsp3) is 0.667. The molecule has 1 aromatic rings. The van der Waals surface area contributed by atoms with Gasteiger partial charge in [-0.1, -0.05) is 11.6 Å². The predicted octanol–water partition coefficient (Wildman–Crippen LogP) is 2.99. The second-order valence-corrected chi connectivity index (χ2v) is 3.98. The van der Waals surface area contributed by atoms with E-state index < -0.39 is 6.17 Å². The molecule has 2 rings (SSSR count). The van der Waals surface area contributed by atoms with E-state index >= 15 is 0 Å². The number of halogens is 2. The molecular formula is C9H12ClFN2. The highest BCUT2D eigenvalue weighted by Gasteiger charge is 2.22. The first-order chi connectivity index (χ1) is 6.25. The third kappa shape index (κ3) is 2.02. The summed E-state index contributed by atoms with van der Waals surface area (Å²) in [6, 6.07) is 0.347. The Labute approximate surface area is 81.7 Å². The van der Waals surface area contributed by atoms with Crippen molar-refractivity contribution in [2.75, 3.05) is 0 Å². The van der Waals surface area contributed by atoms with Gasteiger partial charge in [0.1, 0.15) is 6.17 Å². The number of hydrogen-bond acceptors (Lipinski definition) is 1. The third-order valence-electron chi connectivity index (χ3n) is 2.57. The maximum absolute atomic E-state index is 12.8. The van der Waals surface area contributed by atoms with Gasteiger partial charge in [0.05, 0.1) is 17.3 Å². The molecule has 1 fully saturated rings. The minimum absolute atomic E-state index is 0.347. The van der Waals surface area contributed by atoms with E-state index in [4.69, 9.17) is 11.6 Å². The monoisotopic (exact) mass is 202 g/mol. The van der Waals surface area contributed by atoms with Crippen molar-refractivity contribution >= 4 is 11.6 Å². The Morgan fingerprint density at radius 3 is 2.62 bits per heavy atom. The van der Waals surface area contributed by atoms with Crippen LogP contribution in [0.25, 0.3) is 0 Å². The first-order valence-corrected chi connectivity index (χ1v) is 4.97. The van der Waals surface area contributed by atoms with E-state index in [1.54, 1.807) is 6.20 Å². The fourth-order valence-electron chi connectivity index (χ4n) is 1.81. The average Bonchev–Trinajstić information content (AvgIpc) is 2.53. The minimum atomic E-state index is -0.609. The lowest BCUT2D eigenvalue weighted by Crippen LogP contribution is -2.18. The molecule has 0 aromatic carbocycles. The smallest absolute Gasteiger partial charge is 0.100 e. The Hall–Kier alpha value is -0.570. The Morgan fingerprint density at radius 2 is 2.08 bits per heavy atom. The standard InChI is InChI=1S/C9H12ClFN2/c10-7-5-12-13(6-7)9-3-1-8(11)2-4-9/h5-6,8-9H,1-4H2. The van der Waals surface area contributed by atoms with Crippen LogP contribution in [-0.2, 0) is 0 Å². The molecule has 0 unspecified atom stereocenters. The van der Waals surface area contributed by atoms with E-state index in [-0.39, 0.29) is 0 Å². The quantitative estimate of drug-likeness (QED) is 0.685. The average molecular weight is 203 g/mol. The van der Waals surface area contributed by atoms with Gasteiger partial charge in [-0.15, -0.1) is 0 Å². The lowest BCUT2D eigenvalue weighted by molar-refractivity contribution is 0.202. The van der Waals surface area contributed by atoms with E-state index in [2.05, 4.69) is 5.10 Å². The van der Waals surface area contributed by atoms with Gasteiger partial charge in [0, 0.05) is 6.20 Å². The molecule has 0 radical (unpaired) electrons. The summed E-state index contributed by atoms with van der Waals surface area (Å²) in [5, 5.41) is 4.78. The molecule has 0 spiro atoms. The van der Waals surface area contributed by atoms with Gasteiger partial charge in [0.15, 0.2) is 0 Å². The van der Waals surface area contributed by atoms with Crippen LogP contribution in [0.4, 0.5) is 4.39 Å². The topological polar surface area (TPSA) is 17.8 Å².